The lowest BCUT2D eigenvalue weighted by Crippen LogP contribution is -2.15. The van der Waals surface area contributed by atoms with Crippen molar-refractivity contribution in [2.24, 2.45) is 0 Å². The number of carboxylic acid groups (broad SMARTS) is 1. The lowest BCUT2D eigenvalue weighted by atomic mass is 10.2. The summed E-state index contributed by atoms with van der Waals surface area (Å²) in [7, 11) is -3.90. The first-order valence-electron chi connectivity index (χ1n) is 7.66. The van der Waals surface area contributed by atoms with Crippen molar-refractivity contribution in [3.63, 3.8) is 0 Å². The number of nitrogens with zero attached hydrogens (tertiary/aromatic N) is 1. The van der Waals surface area contributed by atoms with Gasteiger partial charge in [-0.1, -0.05) is 24.3 Å². The van der Waals surface area contributed by atoms with Crippen LogP contribution < -0.4 is 4.72 Å². The standard InChI is InChI=1S/C18H16N2O4S2/c1-11-7-8-13(19-10-11)15-9-14(17(25-15)18(21)22)20-26(23,24)16-6-4-3-5-12(16)2/h3-10,20H,1-2H3,(H,21,22). The van der Waals surface area contributed by atoms with Crippen molar-refractivity contribution in [3.05, 3.63) is 64.7 Å². The maximum atomic E-state index is 12.7. The Morgan fingerprint density at radius 1 is 1.15 bits per heavy atom. The summed E-state index contributed by atoms with van der Waals surface area (Å²) in [6.45, 7) is 3.58. The number of hydrogen-bond acceptors (Lipinski definition) is 5. The minimum absolute atomic E-state index is 0.0307. The van der Waals surface area contributed by atoms with E-state index in [0.717, 1.165) is 16.9 Å². The van der Waals surface area contributed by atoms with E-state index in [9.17, 15) is 18.3 Å². The van der Waals surface area contributed by atoms with Gasteiger partial charge in [0.2, 0.25) is 0 Å². The number of benzene rings is 1. The van der Waals surface area contributed by atoms with Gasteiger partial charge in [-0.25, -0.2) is 13.2 Å². The number of aromatic carboxylic acids is 1. The molecule has 2 heterocycles. The van der Waals surface area contributed by atoms with E-state index in [1.165, 1.54) is 12.1 Å². The van der Waals surface area contributed by atoms with Gasteiger partial charge < -0.3 is 5.11 Å². The molecule has 0 aliphatic heterocycles. The number of aromatic nitrogens is 1. The number of thiophene rings is 1. The largest absolute Gasteiger partial charge is 0.477 e. The van der Waals surface area contributed by atoms with Crippen LogP contribution in [-0.2, 0) is 10.0 Å². The highest BCUT2D eigenvalue weighted by molar-refractivity contribution is 7.92. The quantitative estimate of drug-likeness (QED) is 0.690. The monoisotopic (exact) mass is 388 g/mol. The fraction of sp³-hybridized carbons (Fsp3) is 0.111. The van der Waals surface area contributed by atoms with Crippen molar-refractivity contribution in [1.29, 1.82) is 0 Å². The van der Waals surface area contributed by atoms with Crippen molar-refractivity contribution in [1.82, 2.24) is 4.98 Å². The van der Waals surface area contributed by atoms with Crippen LogP contribution in [0, 0.1) is 13.8 Å². The van der Waals surface area contributed by atoms with Gasteiger partial charge in [-0.05, 0) is 43.2 Å². The average Bonchev–Trinajstić information content (AvgIpc) is 2.99. The first-order chi connectivity index (χ1) is 12.3. The highest BCUT2D eigenvalue weighted by Gasteiger charge is 2.23. The first kappa shape index (κ1) is 18.1. The second-order valence-corrected chi connectivity index (χ2v) is 8.45. The van der Waals surface area contributed by atoms with E-state index >= 15 is 0 Å². The summed E-state index contributed by atoms with van der Waals surface area (Å²) >= 11 is 0.978. The van der Waals surface area contributed by atoms with Crippen molar-refractivity contribution >= 4 is 33.0 Å². The van der Waals surface area contributed by atoms with E-state index in [1.807, 2.05) is 13.0 Å². The second kappa shape index (κ2) is 6.89. The number of pyridine rings is 1. The smallest absolute Gasteiger partial charge is 0.348 e. The molecule has 0 atom stereocenters. The zero-order valence-corrected chi connectivity index (χ0v) is 15.7. The number of sulfonamides is 1. The number of hydrogen-bond donors (Lipinski definition) is 2. The van der Waals surface area contributed by atoms with Gasteiger partial charge in [0.15, 0.2) is 0 Å². The highest BCUT2D eigenvalue weighted by Crippen LogP contribution is 2.35. The van der Waals surface area contributed by atoms with Crippen LogP contribution in [0.3, 0.4) is 0 Å². The molecule has 1 aromatic carbocycles. The van der Waals surface area contributed by atoms with Crippen molar-refractivity contribution in [2.75, 3.05) is 4.72 Å². The predicted molar refractivity (Wildman–Crippen MR) is 101 cm³/mol. The van der Waals surface area contributed by atoms with Gasteiger partial charge in [-0.2, -0.15) is 0 Å². The summed E-state index contributed by atoms with van der Waals surface area (Å²) in [4.78, 5) is 16.4. The minimum atomic E-state index is -3.90. The molecule has 0 aliphatic rings. The molecule has 0 spiro atoms. The van der Waals surface area contributed by atoms with Gasteiger partial charge in [0.05, 0.1) is 21.2 Å². The second-order valence-electron chi connectivity index (χ2n) is 5.75. The molecule has 134 valence electrons. The highest BCUT2D eigenvalue weighted by atomic mass is 32.2. The molecule has 2 aromatic heterocycles. The van der Waals surface area contributed by atoms with E-state index in [0.29, 0.717) is 16.1 Å². The summed E-state index contributed by atoms with van der Waals surface area (Å²) in [5.41, 5.74) is 2.17. The third kappa shape index (κ3) is 3.61. The maximum absolute atomic E-state index is 12.7. The van der Waals surface area contributed by atoms with Crippen LogP contribution in [0.4, 0.5) is 5.69 Å². The van der Waals surface area contributed by atoms with Gasteiger partial charge in [-0.3, -0.25) is 9.71 Å². The summed E-state index contributed by atoms with van der Waals surface area (Å²) in [5.74, 6) is -1.20. The number of nitrogens with one attached hydrogen (secondary N) is 1. The molecule has 6 nitrogen and oxygen atoms in total. The Balaban J connectivity index is 2.03. The number of aryl methyl sites for hydroxylation is 2. The van der Waals surface area contributed by atoms with Crippen LogP contribution in [0.15, 0.2) is 53.6 Å². The van der Waals surface area contributed by atoms with Crippen LogP contribution in [0.5, 0.6) is 0 Å². The molecule has 8 heteroatoms. The van der Waals surface area contributed by atoms with Crippen LogP contribution in [0.25, 0.3) is 10.6 Å². The third-order valence-corrected chi connectivity index (χ3v) is 6.39. The Hall–Kier alpha value is -2.71. The number of anilines is 1. The van der Waals surface area contributed by atoms with Crippen molar-refractivity contribution in [3.8, 4) is 10.6 Å². The fourth-order valence-corrected chi connectivity index (χ4v) is 4.73. The Bertz CT molecular complexity index is 1070. The number of rotatable bonds is 5. The molecule has 2 N–H and O–H groups in total. The topological polar surface area (TPSA) is 96.4 Å². The van der Waals surface area contributed by atoms with Gasteiger partial charge in [0.25, 0.3) is 10.0 Å². The normalized spacial score (nSPS) is 11.3. The molecule has 0 radical (unpaired) electrons. The van der Waals surface area contributed by atoms with E-state index in [-0.39, 0.29) is 15.5 Å². The minimum Gasteiger partial charge on any atom is -0.477 e. The van der Waals surface area contributed by atoms with E-state index in [4.69, 9.17) is 0 Å². The predicted octanol–water partition coefficient (Wildman–Crippen LogP) is 3.93. The van der Waals surface area contributed by atoms with Gasteiger partial charge in [0, 0.05) is 6.20 Å². The van der Waals surface area contributed by atoms with Crippen LogP contribution >= 0.6 is 11.3 Å². The van der Waals surface area contributed by atoms with Crippen LogP contribution in [-0.4, -0.2) is 24.5 Å². The number of carbonyl (C=O) groups is 1. The van der Waals surface area contributed by atoms with Gasteiger partial charge in [-0.15, -0.1) is 11.3 Å². The summed E-state index contributed by atoms with van der Waals surface area (Å²) in [6, 6.07) is 11.7. The maximum Gasteiger partial charge on any atom is 0.348 e. The van der Waals surface area contributed by atoms with Crippen molar-refractivity contribution < 1.29 is 18.3 Å². The first-order valence-corrected chi connectivity index (χ1v) is 9.96. The molecule has 26 heavy (non-hydrogen) atoms. The molecule has 0 saturated carbocycles. The molecule has 0 bridgehead atoms. The van der Waals surface area contributed by atoms with Gasteiger partial charge >= 0.3 is 5.97 Å². The molecule has 3 aromatic rings. The zero-order chi connectivity index (χ0) is 18.9. The summed E-state index contributed by atoms with van der Waals surface area (Å²) in [5, 5.41) is 9.45. The molecule has 0 fully saturated rings. The molecule has 0 saturated heterocycles. The zero-order valence-electron chi connectivity index (χ0n) is 14.1. The molecule has 0 unspecified atom stereocenters. The Kier molecular flexibility index (Phi) is 4.80. The SMILES string of the molecule is Cc1ccc(-c2cc(NS(=O)(=O)c3ccccc3C)c(C(=O)O)s2)nc1. The summed E-state index contributed by atoms with van der Waals surface area (Å²) < 4.78 is 27.7. The van der Waals surface area contributed by atoms with E-state index < -0.39 is 16.0 Å². The van der Waals surface area contributed by atoms with Crippen molar-refractivity contribution in [2.45, 2.75) is 18.7 Å². The Morgan fingerprint density at radius 2 is 1.88 bits per heavy atom. The van der Waals surface area contributed by atoms with E-state index in [2.05, 4.69) is 9.71 Å². The molecular formula is C18H16N2O4S2. The van der Waals surface area contributed by atoms with Crippen LogP contribution in [0.2, 0.25) is 0 Å². The fourth-order valence-electron chi connectivity index (χ4n) is 2.42. The lowest BCUT2D eigenvalue weighted by Gasteiger charge is -2.09. The van der Waals surface area contributed by atoms with Gasteiger partial charge in [0.1, 0.15) is 4.88 Å². The molecule has 0 amide bonds. The molecule has 0 aliphatic carbocycles. The Morgan fingerprint density at radius 3 is 2.50 bits per heavy atom. The molecular weight excluding hydrogens is 372 g/mol. The van der Waals surface area contributed by atoms with E-state index in [1.54, 1.807) is 37.4 Å². The Labute approximate surface area is 155 Å². The summed E-state index contributed by atoms with van der Waals surface area (Å²) in [6.07, 6.45) is 1.67. The molecule has 3 rings (SSSR count). The average molecular weight is 388 g/mol. The lowest BCUT2D eigenvalue weighted by molar-refractivity contribution is 0.0703. The third-order valence-electron chi connectivity index (χ3n) is 3.72. The number of carboxylic acids is 1. The van der Waals surface area contributed by atoms with Crippen LogP contribution in [0.1, 0.15) is 20.8 Å².